The SMILES string of the molecule is COc1cc(NC(=O)[C@@H](Cc2ccccc2)NS(=O)(=O)c2ccc(F)cc2)c(OC)cc1Cl. The minimum absolute atomic E-state index is 0.0696. The van der Waals surface area contributed by atoms with Gasteiger partial charge in [-0.25, -0.2) is 12.8 Å². The lowest BCUT2D eigenvalue weighted by atomic mass is 10.1. The highest BCUT2D eigenvalue weighted by Crippen LogP contribution is 2.36. The van der Waals surface area contributed by atoms with Crippen LogP contribution in [-0.4, -0.2) is 34.6 Å². The summed E-state index contributed by atoms with van der Waals surface area (Å²) in [5.74, 6) is -0.628. The van der Waals surface area contributed by atoms with Gasteiger partial charge >= 0.3 is 0 Å². The van der Waals surface area contributed by atoms with Crippen LogP contribution in [0.4, 0.5) is 10.1 Å². The smallest absolute Gasteiger partial charge is 0.243 e. The van der Waals surface area contributed by atoms with Crippen LogP contribution < -0.4 is 19.5 Å². The second-order valence-corrected chi connectivity index (χ2v) is 9.11. The van der Waals surface area contributed by atoms with E-state index >= 15 is 0 Å². The van der Waals surface area contributed by atoms with Gasteiger partial charge in [-0.2, -0.15) is 4.72 Å². The second-order valence-electron chi connectivity index (χ2n) is 6.99. The van der Waals surface area contributed by atoms with Gasteiger partial charge in [0.2, 0.25) is 15.9 Å². The number of ether oxygens (including phenoxy) is 2. The van der Waals surface area contributed by atoms with E-state index in [1.807, 2.05) is 6.07 Å². The molecule has 2 N–H and O–H groups in total. The topological polar surface area (TPSA) is 93.7 Å². The van der Waals surface area contributed by atoms with Crippen molar-refractivity contribution >= 4 is 33.2 Å². The molecule has 3 aromatic carbocycles. The minimum atomic E-state index is -4.12. The maximum Gasteiger partial charge on any atom is 0.243 e. The average Bonchev–Trinajstić information content (AvgIpc) is 2.80. The molecule has 0 heterocycles. The molecule has 0 unspecified atom stereocenters. The van der Waals surface area contributed by atoms with Crippen molar-refractivity contribution in [1.82, 2.24) is 4.72 Å². The minimum Gasteiger partial charge on any atom is -0.495 e. The first kappa shape index (κ1) is 24.5. The third-order valence-electron chi connectivity index (χ3n) is 4.75. The Morgan fingerprint density at radius 2 is 1.64 bits per heavy atom. The van der Waals surface area contributed by atoms with Gasteiger partial charge in [-0.15, -0.1) is 0 Å². The van der Waals surface area contributed by atoms with Crippen LogP contribution in [0, 0.1) is 5.82 Å². The standard InChI is InChI=1S/C23H22ClFN2O5S/c1-31-21-14-19(22(32-2)13-18(21)24)26-23(28)20(12-15-6-4-3-5-7-15)27-33(29,30)17-10-8-16(25)9-11-17/h3-11,13-14,20,27H,12H2,1-2H3,(H,26,28)/t20-/m1/s1. The molecule has 0 aliphatic heterocycles. The largest absolute Gasteiger partial charge is 0.495 e. The Hall–Kier alpha value is -3.14. The molecule has 0 radical (unpaired) electrons. The predicted octanol–water partition coefficient (Wildman–Crippen LogP) is 4.02. The van der Waals surface area contributed by atoms with E-state index in [1.165, 1.54) is 26.4 Å². The lowest BCUT2D eigenvalue weighted by Crippen LogP contribution is -2.45. The first-order valence-corrected chi connectivity index (χ1v) is 11.6. The Bertz CT molecular complexity index is 1220. The normalized spacial score (nSPS) is 12.1. The van der Waals surface area contributed by atoms with Crippen molar-refractivity contribution in [3.05, 3.63) is 83.1 Å². The number of halogens is 2. The number of anilines is 1. The molecule has 0 saturated heterocycles. The van der Waals surface area contributed by atoms with E-state index in [4.69, 9.17) is 21.1 Å². The van der Waals surface area contributed by atoms with Crippen LogP contribution in [0.1, 0.15) is 5.56 Å². The third-order valence-corrected chi connectivity index (χ3v) is 6.54. The van der Waals surface area contributed by atoms with Crippen molar-refractivity contribution < 1.29 is 27.1 Å². The fourth-order valence-corrected chi connectivity index (χ4v) is 4.51. The van der Waals surface area contributed by atoms with E-state index in [0.717, 1.165) is 29.8 Å². The number of hydrogen-bond donors (Lipinski definition) is 2. The van der Waals surface area contributed by atoms with Crippen LogP contribution in [0.2, 0.25) is 5.02 Å². The van der Waals surface area contributed by atoms with Gasteiger partial charge in [0.05, 0.1) is 29.8 Å². The number of rotatable bonds is 9. The van der Waals surface area contributed by atoms with Crippen LogP contribution in [0.25, 0.3) is 0 Å². The summed E-state index contributed by atoms with van der Waals surface area (Å²) in [7, 11) is -1.29. The number of nitrogens with one attached hydrogen (secondary N) is 2. The first-order valence-electron chi connectivity index (χ1n) is 9.77. The Morgan fingerprint density at radius 1 is 1.00 bits per heavy atom. The van der Waals surface area contributed by atoms with Gasteiger partial charge in [-0.1, -0.05) is 41.9 Å². The molecular formula is C23H22ClFN2O5S. The van der Waals surface area contributed by atoms with Crippen LogP contribution >= 0.6 is 11.6 Å². The fourth-order valence-electron chi connectivity index (χ4n) is 3.08. The van der Waals surface area contributed by atoms with Crippen LogP contribution in [0.3, 0.4) is 0 Å². The molecule has 0 aliphatic rings. The summed E-state index contributed by atoms with van der Waals surface area (Å²) in [6, 6.07) is 15.0. The lowest BCUT2D eigenvalue weighted by molar-refractivity contribution is -0.117. The molecule has 0 aliphatic carbocycles. The molecule has 0 spiro atoms. The number of benzene rings is 3. The zero-order valence-electron chi connectivity index (χ0n) is 17.8. The van der Waals surface area contributed by atoms with Gasteiger partial charge < -0.3 is 14.8 Å². The van der Waals surface area contributed by atoms with E-state index in [-0.39, 0.29) is 27.8 Å². The van der Waals surface area contributed by atoms with Crippen LogP contribution in [0.5, 0.6) is 11.5 Å². The van der Waals surface area contributed by atoms with E-state index < -0.39 is 27.8 Å². The molecular weight excluding hydrogens is 471 g/mol. The number of carbonyl (C=O) groups is 1. The molecule has 0 saturated carbocycles. The average molecular weight is 493 g/mol. The quantitative estimate of drug-likeness (QED) is 0.470. The third kappa shape index (κ3) is 6.22. The van der Waals surface area contributed by atoms with Crippen molar-refractivity contribution in [2.75, 3.05) is 19.5 Å². The van der Waals surface area contributed by atoms with Gasteiger partial charge in [0.1, 0.15) is 23.4 Å². The molecule has 3 rings (SSSR count). The van der Waals surface area contributed by atoms with Crippen molar-refractivity contribution in [3.63, 3.8) is 0 Å². The van der Waals surface area contributed by atoms with E-state index in [9.17, 15) is 17.6 Å². The van der Waals surface area contributed by atoms with Gasteiger partial charge in [0.15, 0.2) is 0 Å². The monoisotopic (exact) mass is 492 g/mol. The summed E-state index contributed by atoms with van der Waals surface area (Å²) in [4.78, 5) is 13.0. The first-order chi connectivity index (χ1) is 15.7. The molecule has 174 valence electrons. The van der Waals surface area contributed by atoms with Crippen molar-refractivity contribution in [2.45, 2.75) is 17.4 Å². The van der Waals surface area contributed by atoms with Crippen LogP contribution in [0.15, 0.2) is 71.6 Å². The zero-order chi connectivity index (χ0) is 24.0. The Balaban J connectivity index is 1.92. The number of carbonyl (C=O) groups excluding carboxylic acids is 1. The van der Waals surface area contributed by atoms with Crippen molar-refractivity contribution in [3.8, 4) is 11.5 Å². The maximum atomic E-state index is 13.2. The van der Waals surface area contributed by atoms with E-state index in [0.29, 0.717) is 5.75 Å². The lowest BCUT2D eigenvalue weighted by Gasteiger charge is -2.20. The number of hydrogen-bond acceptors (Lipinski definition) is 5. The molecule has 0 aromatic heterocycles. The molecule has 0 bridgehead atoms. The van der Waals surface area contributed by atoms with Gasteiger partial charge in [0, 0.05) is 12.1 Å². The zero-order valence-corrected chi connectivity index (χ0v) is 19.4. The number of amides is 1. The fraction of sp³-hybridized carbons (Fsp3) is 0.174. The highest BCUT2D eigenvalue weighted by atomic mass is 35.5. The summed E-state index contributed by atoms with van der Waals surface area (Å²) >= 11 is 6.12. The summed E-state index contributed by atoms with van der Waals surface area (Å²) in [5, 5.41) is 2.96. The Labute approximate surface area is 196 Å². The number of sulfonamides is 1. The predicted molar refractivity (Wildman–Crippen MR) is 124 cm³/mol. The molecule has 3 aromatic rings. The maximum absolute atomic E-state index is 13.2. The van der Waals surface area contributed by atoms with Crippen molar-refractivity contribution in [2.24, 2.45) is 0 Å². The summed E-state index contributed by atoms with van der Waals surface area (Å²) in [5.41, 5.74) is 0.989. The van der Waals surface area contributed by atoms with Gasteiger partial charge in [-0.05, 0) is 36.2 Å². The summed E-state index contributed by atoms with van der Waals surface area (Å²) < 4.78 is 51.9. The molecule has 7 nitrogen and oxygen atoms in total. The van der Waals surface area contributed by atoms with Crippen molar-refractivity contribution in [1.29, 1.82) is 0 Å². The highest BCUT2D eigenvalue weighted by molar-refractivity contribution is 7.89. The second kappa shape index (κ2) is 10.7. The van der Waals surface area contributed by atoms with Gasteiger partial charge in [0.25, 0.3) is 0 Å². The molecule has 33 heavy (non-hydrogen) atoms. The molecule has 0 fully saturated rings. The molecule has 1 amide bonds. The van der Waals surface area contributed by atoms with Crippen LogP contribution in [-0.2, 0) is 21.2 Å². The summed E-state index contributed by atoms with van der Waals surface area (Å²) in [6.45, 7) is 0. The van der Waals surface area contributed by atoms with E-state index in [1.54, 1.807) is 24.3 Å². The van der Waals surface area contributed by atoms with Gasteiger partial charge in [-0.3, -0.25) is 4.79 Å². The molecule has 10 heteroatoms. The Morgan fingerprint density at radius 3 is 2.24 bits per heavy atom. The number of methoxy groups -OCH3 is 2. The Kier molecular flexibility index (Phi) is 7.91. The summed E-state index contributed by atoms with van der Waals surface area (Å²) in [6.07, 6.45) is 0.0696. The molecule has 1 atom stereocenters. The van der Waals surface area contributed by atoms with E-state index in [2.05, 4.69) is 10.0 Å². The highest BCUT2D eigenvalue weighted by Gasteiger charge is 2.27.